The van der Waals surface area contributed by atoms with E-state index in [-0.39, 0.29) is 19.3 Å². The van der Waals surface area contributed by atoms with Crippen LogP contribution in [-0.4, -0.2) is 70.2 Å². The second kappa shape index (κ2) is 12.7. The lowest BCUT2D eigenvalue weighted by Crippen LogP contribution is -2.52. The van der Waals surface area contributed by atoms with Crippen LogP contribution in [0.15, 0.2) is 59.7 Å². The van der Waals surface area contributed by atoms with Crippen molar-refractivity contribution in [1.82, 2.24) is 0 Å². The third kappa shape index (κ3) is 6.51. The van der Waals surface area contributed by atoms with Gasteiger partial charge < -0.3 is 29.2 Å². The second-order valence-electron chi connectivity index (χ2n) is 12.6. The number of aliphatic hydroxyl groups is 2. The lowest BCUT2D eigenvalue weighted by Gasteiger charge is -2.47. The SMILES string of the molecule is C=C1C(OC(=O)C=Cc2ccccc2)CC(OC(C)=O)C2C1CC1(C(C)(C)O)CC(OC(C)=O)C(C)=C1C(O)C2OC(C)=O. The van der Waals surface area contributed by atoms with Crippen LogP contribution in [0.4, 0.5) is 0 Å². The average molecular weight is 611 g/mol. The first-order valence-corrected chi connectivity index (χ1v) is 14.8. The smallest absolute Gasteiger partial charge is 0.331 e. The summed E-state index contributed by atoms with van der Waals surface area (Å²) in [7, 11) is 0. The van der Waals surface area contributed by atoms with Crippen LogP contribution in [-0.2, 0) is 38.1 Å². The van der Waals surface area contributed by atoms with E-state index < -0.39 is 77.2 Å². The Morgan fingerprint density at radius 2 is 1.55 bits per heavy atom. The molecule has 4 rings (SSSR count). The van der Waals surface area contributed by atoms with E-state index in [9.17, 15) is 29.4 Å². The van der Waals surface area contributed by atoms with Crippen LogP contribution >= 0.6 is 0 Å². The number of fused-ring (bicyclic) bond motifs is 2. The van der Waals surface area contributed by atoms with Crippen molar-refractivity contribution in [3.8, 4) is 0 Å². The van der Waals surface area contributed by atoms with Crippen LogP contribution in [0.5, 0.6) is 0 Å². The van der Waals surface area contributed by atoms with Gasteiger partial charge in [0.15, 0.2) is 0 Å². The molecule has 10 nitrogen and oxygen atoms in total. The summed E-state index contributed by atoms with van der Waals surface area (Å²) in [6.07, 6.45) is -1.94. The first-order valence-electron chi connectivity index (χ1n) is 14.8. The van der Waals surface area contributed by atoms with Crippen molar-refractivity contribution >= 4 is 30.0 Å². The summed E-state index contributed by atoms with van der Waals surface area (Å²) in [5.41, 5.74) is -0.397. The Bertz CT molecular complexity index is 1370. The fourth-order valence-electron chi connectivity index (χ4n) is 7.43. The largest absolute Gasteiger partial charge is 0.462 e. The average Bonchev–Trinajstić information content (AvgIpc) is 3.13. The molecule has 3 aliphatic carbocycles. The molecule has 0 aromatic heterocycles. The predicted molar refractivity (Wildman–Crippen MR) is 159 cm³/mol. The predicted octanol–water partition coefficient (Wildman–Crippen LogP) is 3.84. The molecule has 0 heterocycles. The normalized spacial score (nSPS) is 31.9. The highest BCUT2D eigenvalue weighted by atomic mass is 16.6. The fraction of sp³-hybridized carbons (Fsp3) is 0.529. The monoisotopic (exact) mass is 610 g/mol. The Kier molecular flexibility index (Phi) is 9.56. The lowest BCUT2D eigenvalue weighted by molar-refractivity contribution is -0.175. The van der Waals surface area contributed by atoms with E-state index >= 15 is 0 Å². The first kappa shape index (κ1) is 33.1. The highest BCUT2D eigenvalue weighted by Crippen LogP contribution is 2.62. The standard InChI is InChI=1S/C34H42O10/c1-18-24-16-34(33(6,7)40)17-27(42-21(4)36)19(2)30(34)31(39)32(43-22(5)37)29(24)26(41-20(3)35)15-25(18)44-28(38)14-13-23-11-9-8-10-12-23/h8-14,24-27,29,31-32,39-40H,1,15-17H2,2-7H3. The van der Waals surface area contributed by atoms with E-state index in [1.54, 1.807) is 26.8 Å². The molecule has 2 fully saturated rings. The van der Waals surface area contributed by atoms with Crippen molar-refractivity contribution in [1.29, 1.82) is 0 Å². The number of carbonyl (C=O) groups is 4. The van der Waals surface area contributed by atoms with Crippen molar-refractivity contribution in [3.05, 3.63) is 65.3 Å². The molecule has 0 saturated heterocycles. The summed E-state index contributed by atoms with van der Waals surface area (Å²) in [4.78, 5) is 49.8. The van der Waals surface area contributed by atoms with Gasteiger partial charge >= 0.3 is 23.9 Å². The number of rotatable bonds is 7. The Hall–Kier alpha value is -3.76. The molecule has 0 spiro atoms. The molecule has 2 N–H and O–H groups in total. The zero-order valence-electron chi connectivity index (χ0n) is 26.1. The maximum Gasteiger partial charge on any atom is 0.331 e. The maximum atomic E-state index is 13.0. The van der Waals surface area contributed by atoms with Gasteiger partial charge in [-0.2, -0.15) is 0 Å². The quantitative estimate of drug-likeness (QED) is 0.202. The Labute approximate surface area is 257 Å². The number of aliphatic hydroxyl groups excluding tert-OH is 1. The zero-order chi connectivity index (χ0) is 32.6. The van der Waals surface area contributed by atoms with E-state index in [2.05, 4.69) is 6.58 Å². The molecule has 0 bridgehead atoms. The van der Waals surface area contributed by atoms with Crippen molar-refractivity contribution in [3.63, 3.8) is 0 Å². The molecule has 1 aromatic rings. The van der Waals surface area contributed by atoms with Crippen molar-refractivity contribution in [2.45, 2.75) is 96.9 Å². The van der Waals surface area contributed by atoms with Crippen LogP contribution in [0.25, 0.3) is 6.08 Å². The van der Waals surface area contributed by atoms with Gasteiger partial charge in [-0.25, -0.2) is 4.79 Å². The molecule has 0 radical (unpaired) electrons. The molecule has 238 valence electrons. The third-order valence-corrected chi connectivity index (χ3v) is 9.31. The highest BCUT2D eigenvalue weighted by Gasteiger charge is 2.64. The molecule has 2 saturated carbocycles. The van der Waals surface area contributed by atoms with Crippen molar-refractivity contribution in [2.24, 2.45) is 17.3 Å². The van der Waals surface area contributed by atoms with Gasteiger partial charge in [-0.1, -0.05) is 36.9 Å². The van der Waals surface area contributed by atoms with Gasteiger partial charge in [0, 0.05) is 51.0 Å². The Morgan fingerprint density at radius 3 is 2.11 bits per heavy atom. The molecular weight excluding hydrogens is 568 g/mol. The second-order valence-corrected chi connectivity index (χ2v) is 12.6. The Morgan fingerprint density at radius 1 is 0.932 bits per heavy atom. The van der Waals surface area contributed by atoms with Crippen LogP contribution in [0.1, 0.15) is 66.4 Å². The summed E-state index contributed by atoms with van der Waals surface area (Å²) in [6.45, 7) is 13.0. The molecule has 8 unspecified atom stereocenters. The maximum absolute atomic E-state index is 13.0. The molecule has 3 aliphatic rings. The van der Waals surface area contributed by atoms with Gasteiger partial charge in [-0.3, -0.25) is 14.4 Å². The van der Waals surface area contributed by atoms with Crippen LogP contribution < -0.4 is 0 Å². The Balaban J connectivity index is 1.81. The zero-order valence-corrected chi connectivity index (χ0v) is 26.1. The number of ether oxygens (including phenoxy) is 4. The van der Waals surface area contributed by atoms with E-state index in [0.29, 0.717) is 16.7 Å². The van der Waals surface area contributed by atoms with Crippen LogP contribution in [0.3, 0.4) is 0 Å². The molecular formula is C34H42O10. The first-order chi connectivity index (χ1) is 20.6. The number of hydrogen-bond donors (Lipinski definition) is 2. The lowest BCUT2D eigenvalue weighted by atomic mass is 9.61. The molecule has 44 heavy (non-hydrogen) atoms. The van der Waals surface area contributed by atoms with E-state index in [1.807, 2.05) is 30.3 Å². The minimum absolute atomic E-state index is 0.0264. The number of hydrogen-bond acceptors (Lipinski definition) is 10. The minimum Gasteiger partial charge on any atom is -0.462 e. The third-order valence-electron chi connectivity index (χ3n) is 9.31. The summed E-state index contributed by atoms with van der Waals surface area (Å²) >= 11 is 0. The van der Waals surface area contributed by atoms with Gasteiger partial charge in [-0.15, -0.1) is 0 Å². The summed E-state index contributed by atoms with van der Waals surface area (Å²) in [5.74, 6) is -3.85. The van der Waals surface area contributed by atoms with Crippen LogP contribution in [0.2, 0.25) is 0 Å². The van der Waals surface area contributed by atoms with Gasteiger partial charge in [0.05, 0.1) is 5.60 Å². The summed E-state index contributed by atoms with van der Waals surface area (Å²) in [5, 5.41) is 23.8. The minimum atomic E-state index is -1.46. The molecule has 0 aliphatic heterocycles. The van der Waals surface area contributed by atoms with Gasteiger partial charge in [0.25, 0.3) is 0 Å². The van der Waals surface area contributed by atoms with Gasteiger partial charge in [0.1, 0.15) is 30.5 Å². The highest BCUT2D eigenvalue weighted by molar-refractivity contribution is 5.87. The molecule has 8 atom stereocenters. The van der Waals surface area contributed by atoms with E-state index in [0.717, 1.165) is 5.56 Å². The van der Waals surface area contributed by atoms with Crippen molar-refractivity contribution in [2.75, 3.05) is 0 Å². The van der Waals surface area contributed by atoms with Crippen LogP contribution in [0, 0.1) is 17.3 Å². The number of benzene rings is 1. The number of esters is 4. The van der Waals surface area contributed by atoms with E-state index in [4.69, 9.17) is 18.9 Å². The topological polar surface area (TPSA) is 146 Å². The summed E-state index contributed by atoms with van der Waals surface area (Å²) in [6, 6.07) is 9.22. The summed E-state index contributed by atoms with van der Waals surface area (Å²) < 4.78 is 23.0. The number of carbonyl (C=O) groups excluding carboxylic acids is 4. The van der Waals surface area contributed by atoms with E-state index in [1.165, 1.54) is 26.8 Å². The van der Waals surface area contributed by atoms with Gasteiger partial charge in [0.2, 0.25) is 0 Å². The molecule has 10 heteroatoms. The van der Waals surface area contributed by atoms with Gasteiger partial charge in [-0.05, 0) is 61.5 Å². The molecule has 1 aromatic carbocycles. The molecule has 0 amide bonds. The fourth-order valence-corrected chi connectivity index (χ4v) is 7.43. The van der Waals surface area contributed by atoms with Crippen molar-refractivity contribution < 1.29 is 48.3 Å².